The fourth-order valence-corrected chi connectivity index (χ4v) is 2.98. The third kappa shape index (κ3) is 3.06. The summed E-state index contributed by atoms with van der Waals surface area (Å²) in [6, 6.07) is 9.09. The molecule has 1 aliphatic rings. The van der Waals surface area contributed by atoms with E-state index in [4.69, 9.17) is 11.6 Å². The molecule has 0 aromatic heterocycles. The highest BCUT2D eigenvalue weighted by molar-refractivity contribution is 6.33. The van der Waals surface area contributed by atoms with Gasteiger partial charge >= 0.3 is 0 Å². The number of piperazine rings is 1. The molecule has 0 aliphatic carbocycles. The van der Waals surface area contributed by atoms with E-state index in [1.54, 1.807) is 6.07 Å². The first-order valence-electron chi connectivity index (χ1n) is 7.41. The Kier molecular flexibility index (Phi) is 4.66. The topological polar surface area (TPSA) is 23.6 Å². The number of benzene rings is 2. The van der Waals surface area contributed by atoms with Crippen molar-refractivity contribution in [2.75, 3.05) is 31.1 Å². The van der Waals surface area contributed by atoms with Crippen LogP contribution in [0.3, 0.4) is 0 Å². The summed E-state index contributed by atoms with van der Waals surface area (Å²) in [7, 11) is 0. The zero-order valence-corrected chi connectivity index (χ0v) is 13.4. The van der Waals surface area contributed by atoms with Crippen LogP contribution >= 0.6 is 11.6 Å². The highest BCUT2D eigenvalue weighted by Crippen LogP contribution is 2.26. The highest BCUT2D eigenvalue weighted by Gasteiger charge is 2.26. The molecule has 0 N–H and O–H groups in total. The largest absolute Gasteiger partial charge is 0.367 e. The molecule has 0 radical (unpaired) electrons. The van der Waals surface area contributed by atoms with Gasteiger partial charge in [0.2, 0.25) is 0 Å². The number of anilines is 1. The van der Waals surface area contributed by atoms with Crippen LogP contribution in [0, 0.1) is 17.5 Å². The quantitative estimate of drug-likeness (QED) is 0.767. The lowest BCUT2D eigenvalue weighted by Gasteiger charge is -2.36. The van der Waals surface area contributed by atoms with Crippen molar-refractivity contribution in [2.24, 2.45) is 0 Å². The predicted octanol–water partition coefficient (Wildman–Crippen LogP) is 3.72. The van der Waals surface area contributed by atoms with E-state index < -0.39 is 28.9 Å². The van der Waals surface area contributed by atoms with E-state index >= 15 is 0 Å². The van der Waals surface area contributed by atoms with Crippen molar-refractivity contribution < 1.29 is 18.0 Å². The Hall–Kier alpha value is -2.21. The maximum absolute atomic E-state index is 13.8. The summed E-state index contributed by atoms with van der Waals surface area (Å²) >= 11 is 6.16. The van der Waals surface area contributed by atoms with Gasteiger partial charge in [-0.25, -0.2) is 13.2 Å². The van der Waals surface area contributed by atoms with Crippen molar-refractivity contribution in [1.82, 2.24) is 4.90 Å². The number of carbonyl (C=O) groups excluding carboxylic acids is 1. The van der Waals surface area contributed by atoms with Gasteiger partial charge in [0, 0.05) is 26.2 Å². The SMILES string of the molecule is O=C(c1ccc(F)c(F)c1F)N1CCN(c2ccccc2Cl)CC1. The minimum atomic E-state index is -1.63. The standard InChI is InChI=1S/C17H14ClF3N2O/c18-12-3-1-2-4-14(12)22-7-9-23(10-8-22)17(24)11-5-6-13(19)16(21)15(11)20/h1-6H,7-10H2. The number of amides is 1. The number of nitrogens with zero attached hydrogens (tertiary/aromatic N) is 2. The van der Waals surface area contributed by atoms with Gasteiger partial charge in [-0.05, 0) is 24.3 Å². The summed E-state index contributed by atoms with van der Waals surface area (Å²) < 4.78 is 40.1. The summed E-state index contributed by atoms with van der Waals surface area (Å²) in [5.74, 6) is -5.04. The fraction of sp³-hybridized carbons (Fsp3) is 0.235. The van der Waals surface area contributed by atoms with Gasteiger partial charge < -0.3 is 9.80 Å². The molecular weight excluding hydrogens is 341 g/mol. The third-order valence-corrected chi connectivity index (χ3v) is 4.35. The Morgan fingerprint density at radius 3 is 2.25 bits per heavy atom. The van der Waals surface area contributed by atoms with Crippen LogP contribution in [0.25, 0.3) is 0 Å². The molecule has 1 aliphatic heterocycles. The van der Waals surface area contributed by atoms with Gasteiger partial charge in [-0.15, -0.1) is 0 Å². The zero-order valence-electron chi connectivity index (χ0n) is 12.6. The first-order chi connectivity index (χ1) is 11.5. The van der Waals surface area contributed by atoms with Crippen LogP contribution in [0.1, 0.15) is 10.4 Å². The molecule has 0 saturated carbocycles. The van der Waals surface area contributed by atoms with Gasteiger partial charge in [-0.1, -0.05) is 23.7 Å². The van der Waals surface area contributed by atoms with E-state index in [-0.39, 0.29) is 0 Å². The van der Waals surface area contributed by atoms with Crippen LogP contribution < -0.4 is 4.90 Å². The van der Waals surface area contributed by atoms with Crippen LogP contribution in [0.4, 0.5) is 18.9 Å². The van der Waals surface area contributed by atoms with Gasteiger partial charge in [-0.3, -0.25) is 4.79 Å². The third-order valence-electron chi connectivity index (χ3n) is 4.03. The average molecular weight is 355 g/mol. The van der Waals surface area contributed by atoms with Gasteiger partial charge in [0.1, 0.15) is 0 Å². The molecule has 0 unspecified atom stereocenters. The van der Waals surface area contributed by atoms with Gasteiger partial charge in [-0.2, -0.15) is 0 Å². The lowest BCUT2D eigenvalue weighted by molar-refractivity contribution is 0.0740. The molecule has 2 aromatic carbocycles. The zero-order chi connectivity index (χ0) is 17.3. The molecule has 1 amide bonds. The molecule has 2 aromatic rings. The molecule has 3 nitrogen and oxygen atoms in total. The molecule has 0 atom stereocenters. The van der Waals surface area contributed by atoms with Crippen molar-refractivity contribution in [2.45, 2.75) is 0 Å². The van der Waals surface area contributed by atoms with Gasteiger partial charge in [0.15, 0.2) is 17.5 Å². The number of rotatable bonds is 2. The van der Waals surface area contributed by atoms with Crippen molar-refractivity contribution in [3.05, 3.63) is 64.4 Å². The predicted molar refractivity (Wildman–Crippen MR) is 85.9 cm³/mol. The summed E-state index contributed by atoms with van der Waals surface area (Å²) in [5.41, 5.74) is 0.408. The molecule has 7 heteroatoms. The Morgan fingerprint density at radius 1 is 0.917 bits per heavy atom. The van der Waals surface area contributed by atoms with Crippen LogP contribution in [-0.4, -0.2) is 37.0 Å². The highest BCUT2D eigenvalue weighted by atomic mass is 35.5. The Bertz CT molecular complexity index is 776. The fourth-order valence-electron chi connectivity index (χ4n) is 2.72. The second-order valence-corrected chi connectivity index (χ2v) is 5.86. The van der Waals surface area contributed by atoms with Crippen molar-refractivity contribution in [1.29, 1.82) is 0 Å². The van der Waals surface area contributed by atoms with Crippen molar-refractivity contribution in [3.63, 3.8) is 0 Å². The maximum atomic E-state index is 13.8. The molecule has 126 valence electrons. The Labute approximate surface area is 142 Å². The smallest absolute Gasteiger partial charge is 0.257 e. The lowest BCUT2D eigenvalue weighted by atomic mass is 10.1. The second-order valence-electron chi connectivity index (χ2n) is 5.45. The lowest BCUT2D eigenvalue weighted by Crippen LogP contribution is -2.49. The second kappa shape index (κ2) is 6.73. The van der Waals surface area contributed by atoms with Crippen molar-refractivity contribution in [3.8, 4) is 0 Å². The molecule has 24 heavy (non-hydrogen) atoms. The molecule has 0 bridgehead atoms. The molecule has 1 heterocycles. The van der Waals surface area contributed by atoms with Crippen LogP contribution in [0.15, 0.2) is 36.4 Å². The number of para-hydroxylation sites is 1. The van der Waals surface area contributed by atoms with E-state index in [1.807, 2.05) is 23.1 Å². The van der Waals surface area contributed by atoms with Gasteiger partial charge in [0.25, 0.3) is 5.91 Å². The molecule has 3 rings (SSSR count). The molecule has 0 spiro atoms. The minimum Gasteiger partial charge on any atom is -0.367 e. The first-order valence-corrected chi connectivity index (χ1v) is 7.79. The van der Waals surface area contributed by atoms with E-state index in [0.29, 0.717) is 31.2 Å². The summed E-state index contributed by atoms with van der Waals surface area (Å²) in [6.07, 6.45) is 0. The van der Waals surface area contributed by atoms with Crippen molar-refractivity contribution >= 4 is 23.2 Å². The summed E-state index contributed by atoms with van der Waals surface area (Å²) in [5, 5.41) is 0.615. The first kappa shape index (κ1) is 16.6. The number of hydrogen-bond acceptors (Lipinski definition) is 2. The monoisotopic (exact) mass is 354 g/mol. The number of carbonyl (C=O) groups is 1. The van der Waals surface area contributed by atoms with Crippen LogP contribution in [0.2, 0.25) is 5.02 Å². The van der Waals surface area contributed by atoms with E-state index in [9.17, 15) is 18.0 Å². The van der Waals surface area contributed by atoms with Gasteiger partial charge in [0.05, 0.1) is 16.3 Å². The van der Waals surface area contributed by atoms with Crippen LogP contribution in [-0.2, 0) is 0 Å². The molecule has 1 fully saturated rings. The van der Waals surface area contributed by atoms with E-state index in [2.05, 4.69) is 0 Å². The Morgan fingerprint density at radius 2 is 1.58 bits per heavy atom. The summed E-state index contributed by atoms with van der Waals surface area (Å²) in [4.78, 5) is 15.8. The Balaban J connectivity index is 1.72. The summed E-state index contributed by atoms with van der Waals surface area (Å²) in [6.45, 7) is 1.70. The average Bonchev–Trinajstić information content (AvgIpc) is 2.60. The molecular formula is C17H14ClF3N2O. The van der Waals surface area contributed by atoms with E-state index in [1.165, 1.54) is 4.90 Å². The number of halogens is 4. The maximum Gasteiger partial charge on any atom is 0.257 e. The van der Waals surface area contributed by atoms with E-state index in [0.717, 1.165) is 17.8 Å². The minimum absolute atomic E-state index is 0.336. The van der Waals surface area contributed by atoms with Crippen LogP contribution in [0.5, 0.6) is 0 Å². The molecule has 1 saturated heterocycles. The normalized spacial score (nSPS) is 14.8. The number of hydrogen-bond donors (Lipinski definition) is 0.